The first-order valence-corrected chi connectivity index (χ1v) is 8.20. The Bertz CT molecular complexity index is 443. The quantitative estimate of drug-likeness (QED) is 0.903. The third-order valence-corrected chi connectivity index (χ3v) is 5.01. The Morgan fingerprint density at radius 2 is 2.25 bits per heavy atom. The lowest BCUT2D eigenvalue weighted by Crippen LogP contribution is -2.23. The summed E-state index contributed by atoms with van der Waals surface area (Å²) >= 11 is 2.08. The predicted molar refractivity (Wildman–Crippen MR) is 81.2 cm³/mol. The van der Waals surface area contributed by atoms with Crippen LogP contribution in [0, 0.1) is 0 Å². The highest BCUT2D eigenvalue weighted by Gasteiger charge is 2.19. The first-order chi connectivity index (χ1) is 9.86. The van der Waals surface area contributed by atoms with E-state index < -0.39 is 0 Å². The van der Waals surface area contributed by atoms with Crippen LogP contribution < -0.4 is 19.5 Å². The summed E-state index contributed by atoms with van der Waals surface area (Å²) in [5.74, 6) is 3.59. The predicted octanol–water partition coefficient (Wildman–Crippen LogP) is 2.45. The summed E-state index contributed by atoms with van der Waals surface area (Å²) in [6.07, 6.45) is 2.69. The van der Waals surface area contributed by atoms with Crippen molar-refractivity contribution >= 4 is 11.8 Å². The van der Waals surface area contributed by atoms with Crippen molar-refractivity contribution in [3.63, 3.8) is 0 Å². The van der Waals surface area contributed by atoms with E-state index in [1.807, 2.05) is 12.1 Å². The molecular formula is C15H21NO3S. The first-order valence-electron chi connectivity index (χ1n) is 7.15. The van der Waals surface area contributed by atoms with Gasteiger partial charge in [0, 0.05) is 18.3 Å². The Labute approximate surface area is 124 Å². The number of nitrogens with one attached hydrogen (secondary N) is 1. The van der Waals surface area contributed by atoms with E-state index in [2.05, 4.69) is 17.1 Å². The van der Waals surface area contributed by atoms with Crippen molar-refractivity contribution in [1.29, 1.82) is 0 Å². The van der Waals surface area contributed by atoms with Crippen LogP contribution in [0.5, 0.6) is 17.2 Å². The number of ether oxygens (including phenoxy) is 3. The molecule has 1 fully saturated rings. The molecule has 0 bridgehead atoms. The number of hydrogen-bond acceptors (Lipinski definition) is 5. The van der Waals surface area contributed by atoms with Crippen molar-refractivity contribution in [2.24, 2.45) is 0 Å². The van der Waals surface area contributed by atoms with Crippen LogP contribution in [0.4, 0.5) is 0 Å². The molecule has 0 spiro atoms. The Morgan fingerprint density at radius 3 is 3.05 bits per heavy atom. The SMILES string of the molecule is COc1cc(CNCC2CCCS2)cc2c1OCCO2. The van der Waals surface area contributed by atoms with Gasteiger partial charge in [-0.3, -0.25) is 0 Å². The molecule has 1 saturated heterocycles. The molecule has 4 nitrogen and oxygen atoms in total. The van der Waals surface area contributed by atoms with Crippen LogP contribution in [0.15, 0.2) is 12.1 Å². The molecule has 2 aliphatic rings. The largest absolute Gasteiger partial charge is 0.493 e. The van der Waals surface area contributed by atoms with E-state index in [4.69, 9.17) is 14.2 Å². The Hall–Kier alpha value is -1.07. The number of fused-ring (bicyclic) bond motifs is 1. The van der Waals surface area contributed by atoms with Gasteiger partial charge in [-0.05, 0) is 36.3 Å². The van der Waals surface area contributed by atoms with E-state index in [1.54, 1.807) is 7.11 Å². The summed E-state index contributed by atoms with van der Waals surface area (Å²) in [5.41, 5.74) is 1.18. The summed E-state index contributed by atoms with van der Waals surface area (Å²) < 4.78 is 16.7. The van der Waals surface area contributed by atoms with Crippen molar-refractivity contribution in [3.8, 4) is 17.2 Å². The van der Waals surface area contributed by atoms with E-state index in [0.29, 0.717) is 13.2 Å². The standard InChI is InChI=1S/C15H21NO3S/c1-17-13-7-11(8-14-15(13)19-5-4-18-14)9-16-10-12-3-2-6-20-12/h7-8,12,16H,2-6,9-10H2,1H3. The molecule has 2 aliphatic heterocycles. The van der Waals surface area contributed by atoms with Crippen LogP contribution in [-0.2, 0) is 6.54 Å². The Kier molecular flexibility index (Phi) is 4.58. The molecule has 5 heteroatoms. The van der Waals surface area contributed by atoms with Crippen LogP contribution >= 0.6 is 11.8 Å². The van der Waals surface area contributed by atoms with Crippen LogP contribution in [0.1, 0.15) is 18.4 Å². The molecule has 1 atom stereocenters. The summed E-state index contributed by atoms with van der Waals surface area (Å²) in [4.78, 5) is 0. The molecule has 110 valence electrons. The zero-order valence-corrected chi connectivity index (χ0v) is 12.6. The van der Waals surface area contributed by atoms with E-state index in [-0.39, 0.29) is 0 Å². The minimum atomic E-state index is 0.583. The summed E-state index contributed by atoms with van der Waals surface area (Å²) in [7, 11) is 1.67. The maximum absolute atomic E-state index is 5.65. The van der Waals surface area contributed by atoms with Crippen molar-refractivity contribution in [1.82, 2.24) is 5.32 Å². The molecule has 0 aromatic heterocycles. The lowest BCUT2D eigenvalue weighted by atomic mass is 10.1. The van der Waals surface area contributed by atoms with E-state index in [1.165, 1.54) is 24.2 Å². The van der Waals surface area contributed by atoms with Crippen molar-refractivity contribution in [2.75, 3.05) is 32.6 Å². The van der Waals surface area contributed by atoms with Gasteiger partial charge in [-0.15, -0.1) is 0 Å². The Balaban J connectivity index is 1.63. The number of rotatable bonds is 5. The van der Waals surface area contributed by atoms with Crippen LogP contribution in [0.3, 0.4) is 0 Å². The molecule has 0 amide bonds. The van der Waals surface area contributed by atoms with Gasteiger partial charge >= 0.3 is 0 Å². The third kappa shape index (κ3) is 3.15. The van der Waals surface area contributed by atoms with Gasteiger partial charge in [-0.1, -0.05) is 0 Å². The lowest BCUT2D eigenvalue weighted by molar-refractivity contribution is 0.165. The van der Waals surface area contributed by atoms with Gasteiger partial charge in [0.25, 0.3) is 0 Å². The Morgan fingerprint density at radius 1 is 1.35 bits per heavy atom. The van der Waals surface area contributed by atoms with Gasteiger partial charge in [0.05, 0.1) is 7.11 Å². The molecular weight excluding hydrogens is 274 g/mol. The van der Waals surface area contributed by atoms with Gasteiger partial charge in [0.2, 0.25) is 5.75 Å². The lowest BCUT2D eigenvalue weighted by Gasteiger charge is -2.21. The molecule has 1 aromatic carbocycles. The third-order valence-electron chi connectivity index (χ3n) is 3.61. The minimum Gasteiger partial charge on any atom is -0.493 e. The summed E-state index contributed by atoms with van der Waals surface area (Å²) in [6, 6.07) is 4.08. The van der Waals surface area contributed by atoms with Crippen LogP contribution in [-0.4, -0.2) is 37.9 Å². The van der Waals surface area contributed by atoms with Crippen LogP contribution in [0.2, 0.25) is 0 Å². The monoisotopic (exact) mass is 295 g/mol. The highest BCUT2D eigenvalue weighted by molar-refractivity contribution is 8.00. The molecule has 1 aromatic rings. The zero-order valence-electron chi connectivity index (χ0n) is 11.8. The topological polar surface area (TPSA) is 39.7 Å². The molecule has 0 aliphatic carbocycles. The fourth-order valence-corrected chi connectivity index (χ4v) is 3.85. The average molecular weight is 295 g/mol. The molecule has 3 rings (SSSR count). The molecule has 0 saturated carbocycles. The maximum Gasteiger partial charge on any atom is 0.203 e. The minimum absolute atomic E-state index is 0.583. The van der Waals surface area contributed by atoms with Crippen LogP contribution in [0.25, 0.3) is 0 Å². The normalized spacial score (nSPS) is 20.9. The van der Waals surface area contributed by atoms with Gasteiger partial charge in [-0.2, -0.15) is 11.8 Å². The van der Waals surface area contributed by atoms with Gasteiger partial charge in [0.15, 0.2) is 11.5 Å². The second-order valence-electron chi connectivity index (χ2n) is 5.09. The van der Waals surface area contributed by atoms with Gasteiger partial charge < -0.3 is 19.5 Å². The fraction of sp³-hybridized carbons (Fsp3) is 0.600. The molecule has 1 unspecified atom stereocenters. The van der Waals surface area contributed by atoms with Crippen molar-refractivity contribution in [3.05, 3.63) is 17.7 Å². The maximum atomic E-state index is 5.65. The highest BCUT2D eigenvalue weighted by atomic mass is 32.2. The number of hydrogen-bond donors (Lipinski definition) is 1. The number of thioether (sulfide) groups is 1. The molecule has 0 radical (unpaired) electrons. The molecule has 2 heterocycles. The van der Waals surface area contributed by atoms with Gasteiger partial charge in [0.1, 0.15) is 13.2 Å². The summed E-state index contributed by atoms with van der Waals surface area (Å²) in [6.45, 7) is 3.09. The molecule has 1 N–H and O–H groups in total. The fourth-order valence-electron chi connectivity index (χ4n) is 2.61. The smallest absolute Gasteiger partial charge is 0.203 e. The number of benzene rings is 1. The van der Waals surface area contributed by atoms with E-state index >= 15 is 0 Å². The molecule has 20 heavy (non-hydrogen) atoms. The highest BCUT2D eigenvalue weighted by Crippen LogP contribution is 2.40. The van der Waals surface area contributed by atoms with E-state index in [0.717, 1.165) is 35.6 Å². The van der Waals surface area contributed by atoms with E-state index in [9.17, 15) is 0 Å². The number of methoxy groups -OCH3 is 1. The van der Waals surface area contributed by atoms with Crippen molar-refractivity contribution < 1.29 is 14.2 Å². The second kappa shape index (κ2) is 6.59. The van der Waals surface area contributed by atoms with Crippen molar-refractivity contribution in [2.45, 2.75) is 24.6 Å². The zero-order chi connectivity index (χ0) is 13.8. The second-order valence-corrected chi connectivity index (χ2v) is 6.50. The average Bonchev–Trinajstić information content (AvgIpc) is 2.99. The first kappa shape index (κ1) is 13.9. The summed E-state index contributed by atoms with van der Waals surface area (Å²) in [5, 5.41) is 4.30. The van der Waals surface area contributed by atoms with Gasteiger partial charge in [-0.25, -0.2) is 0 Å².